The Bertz CT molecular complexity index is 1040. The van der Waals surface area contributed by atoms with E-state index < -0.39 is 0 Å². The summed E-state index contributed by atoms with van der Waals surface area (Å²) < 4.78 is 2.04. The fourth-order valence-electron chi connectivity index (χ4n) is 4.32. The van der Waals surface area contributed by atoms with E-state index >= 15 is 0 Å². The van der Waals surface area contributed by atoms with Gasteiger partial charge in [-0.3, -0.25) is 4.79 Å². The molecular weight excluding hydrogens is 410 g/mol. The van der Waals surface area contributed by atoms with E-state index in [4.69, 9.17) is 4.98 Å². The first kappa shape index (κ1) is 18.7. The average Bonchev–Trinajstić information content (AvgIpc) is 3.40. The van der Waals surface area contributed by atoms with E-state index in [1.54, 1.807) is 23.1 Å². The molecule has 0 aliphatic heterocycles. The summed E-state index contributed by atoms with van der Waals surface area (Å²) in [7, 11) is 0. The molecule has 9 heteroatoms. The Morgan fingerprint density at radius 1 is 1.18 bits per heavy atom. The van der Waals surface area contributed by atoms with Crippen LogP contribution in [0.4, 0.5) is 0 Å². The van der Waals surface area contributed by atoms with Crippen LogP contribution in [0.3, 0.4) is 0 Å². The highest BCUT2D eigenvalue weighted by atomic mass is 32.2. The number of aryl methyl sites for hydroxylation is 2. The minimum atomic E-state index is 0.0878. The standard InChI is InChI=1S/C19H23N5OS3/c1-26-18-21-17-15(12-8-5-9-13(12)28-17)16-22-23-19(24(16)18)27-10-14(25)20-11-6-3-2-4-7-11/h11H,2-10H2,1H3,(H,20,25). The number of nitrogens with zero attached hydrogens (tertiary/aromatic N) is 4. The molecule has 1 saturated carbocycles. The number of nitrogens with one attached hydrogen (secondary N) is 1. The maximum absolute atomic E-state index is 12.4. The van der Waals surface area contributed by atoms with Crippen LogP contribution in [0.1, 0.15) is 49.0 Å². The molecule has 148 valence electrons. The zero-order chi connectivity index (χ0) is 19.1. The average molecular weight is 434 g/mol. The van der Waals surface area contributed by atoms with Gasteiger partial charge in [-0.1, -0.05) is 42.8 Å². The van der Waals surface area contributed by atoms with Gasteiger partial charge in [0.1, 0.15) is 4.83 Å². The zero-order valence-corrected chi connectivity index (χ0v) is 18.3. The molecular formula is C19H23N5OS3. The summed E-state index contributed by atoms with van der Waals surface area (Å²) in [6.45, 7) is 0. The molecule has 2 aliphatic carbocycles. The topological polar surface area (TPSA) is 72.2 Å². The molecule has 5 rings (SSSR count). The first-order valence-electron chi connectivity index (χ1n) is 9.90. The predicted octanol–water partition coefficient (Wildman–Crippen LogP) is 4.09. The third kappa shape index (κ3) is 3.31. The van der Waals surface area contributed by atoms with Crippen molar-refractivity contribution >= 4 is 56.6 Å². The largest absolute Gasteiger partial charge is 0.353 e. The number of fused-ring (bicyclic) bond motifs is 5. The number of aromatic nitrogens is 4. The van der Waals surface area contributed by atoms with Crippen molar-refractivity contribution in [2.24, 2.45) is 0 Å². The minimum Gasteiger partial charge on any atom is -0.353 e. The van der Waals surface area contributed by atoms with Crippen LogP contribution in [0.25, 0.3) is 15.9 Å². The molecule has 28 heavy (non-hydrogen) atoms. The van der Waals surface area contributed by atoms with E-state index in [1.165, 1.54) is 53.3 Å². The Labute approximate surface area is 176 Å². The molecule has 0 saturated heterocycles. The number of rotatable bonds is 5. The fraction of sp³-hybridized carbons (Fsp3) is 0.579. The maximum Gasteiger partial charge on any atom is 0.230 e. The molecule has 3 aromatic heterocycles. The molecule has 2 aliphatic rings. The van der Waals surface area contributed by atoms with Crippen LogP contribution in [-0.2, 0) is 17.6 Å². The van der Waals surface area contributed by atoms with Gasteiger partial charge in [-0.15, -0.1) is 21.5 Å². The third-order valence-electron chi connectivity index (χ3n) is 5.63. The number of amides is 1. The van der Waals surface area contributed by atoms with E-state index in [-0.39, 0.29) is 5.91 Å². The summed E-state index contributed by atoms with van der Waals surface area (Å²) in [5.41, 5.74) is 2.30. The third-order valence-corrected chi connectivity index (χ3v) is 8.39. The molecule has 0 bridgehead atoms. The lowest BCUT2D eigenvalue weighted by Gasteiger charge is -2.22. The van der Waals surface area contributed by atoms with Crippen LogP contribution in [0.5, 0.6) is 0 Å². The van der Waals surface area contributed by atoms with Crippen molar-refractivity contribution < 1.29 is 4.79 Å². The van der Waals surface area contributed by atoms with Gasteiger partial charge in [0.2, 0.25) is 5.91 Å². The van der Waals surface area contributed by atoms with E-state index in [2.05, 4.69) is 15.5 Å². The van der Waals surface area contributed by atoms with Crippen molar-refractivity contribution in [3.8, 4) is 0 Å². The van der Waals surface area contributed by atoms with Crippen LogP contribution in [0.15, 0.2) is 10.3 Å². The van der Waals surface area contributed by atoms with Gasteiger partial charge in [-0.05, 0) is 43.9 Å². The highest BCUT2D eigenvalue weighted by Gasteiger charge is 2.24. The highest BCUT2D eigenvalue weighted by Crippen LogP contribution is 2.40. The molecule has 0 unspecified atom stereocenters. The zero-order valence-electron chi connectivity index (χ0n) is 15.9. The first-order valence-corrected chi connectivity index (χ1v) is 12.9. The van der Waals surface area contributed by atoms with E-state index in [0.29, 0.717) is 11.8 Å². The second kappa shape index (κ2) is 7.84. The summed E-state index contributed by atoms with van der Waals surface area (Å²) in [6.07, 6.45) is 11.4. The molecule has 6 nitrogen and oxygen atoms in total. The van der Waals surface area contributed by atoms with Gasteiger partial charge in [-0.25, -0.2) is 9.38 Å². The van der Waals surface area contributed by atoms with Crippen LogP contribution in [-0.4, -0.2) is 43.5 Å². The van der Waals surface area contributed by atoms with Gasteiger partial charge in [0, 0.05) is 10.9 Å². The second-order valence-electron chi connectivity index (χ2n) is 7.47. The Morgan fingerprint density at radius 3 is 2.86 bits per heavy atom. The minimum absolute atomic E-state index is 0.0878. The van der Waals surface area contributed by atoms with Gasteiger partial charge in [0.15, 0.2) is 16.0 Å². The molecule has 1 N–H and O–H groups in total. The SMILES string of the molecule is CSc1nc2sc3c(c2c2nnc(SCC(=O)NC4CCCCC4)n12)CCC3. The van der Waals surface area contributed by atoms with Gasteiger partial charge < -0.3 is 5.32 Å². The van der Waals surface area contributed by atoms with Crippen molar-refractivity contribution in [3.05, 3.63) is 10.4 Å². The molecule has 0 spiro atoms. The van der Waals surface area contributed by atoms with Crippen molar-refractivity contribution in [1.29, 1.82) is 0 Å². The molecule has 0 radical (unpaired) electrons. The number of hydrogen-bond donors (Lipinski definition) is 1. The smallest absolute Gasteiger partial charge is 0.230 e. The van der Waals surface area contributed by atoms with Crippen molar-refractivity contribution in [1.82, 2.24) is 24.9 Å². The van der Waals surface area contributed by atoms with Crippen LogP contribution >= 0.6 is 34.9 Å². The summed E-state index contributed by atoms with van der Waals surface area (Å²) in [4.78, 5) is 19.8. The number of carbonyl (C=O) groups is 1. The number of carbonyl (C=O) groups excluding carboxylic acids is 1. The maximum atomic E-state index is 12.4. The van der Waals surface area contributed by atoms with Crippen LogP contribution in [0.2, 0.25) is 0 Å². The second-order valence-corrected chi connectivity index (χ2v) is 10.3. The lowest BCUT2D eigenvalue weighted by atomic mass is 9.95. The Morgan fingerprint density at radius 2 is 2.04 bits per heavy atom. The fourth-order valence-corrected chi connectivity index (χ4v) is 6.97. The number of thiophene rings is 1. The molecule has 1 fully saturated rings. The van der Waals surface area contributed by atoms with Crippen molar-refractivity contribution in [2.75, 3.05) is 12.0 Å². The predicted molar refractivity (Wildman–Crippen MR) is 116 cm³/mol. The summed E-state index contributed by atoms with van der Waals surface area (Å²) >= 11 is 4.86. The lowest BCUT2D eigenvalue weighted by molar-refractivity contribution is -0.119. The highest BCUT2D eigenvalue weighted by molar-refractivity contribution is 8.00. The van der Waals surface area contributed by atoms with E-state index in [9.17, 15) is 4.79 Å². The Balaban J connectivity index is 1.42. The molecule has 3 heterocycles. The molecule has 1 amide bonds. The Hall–Kier alpha value is -1.32. The lowest BCUT2D eigenvalue weighted by Crippen LogP contribution is -2.37. The van der Waals surface area contributed by atoms with Crippen molar-refractivity contribution in [2.45, 2.75) is 67.7 Å². The quantitative estimate of drug-likeness (QED) is 0.483. The summed E-state index contributed by atoms with van der Waals surface area (Å²) in [6, 6.07) is 0.341. The summed E-state index contributed by atoms with van der Waals surface area (Å²) in [5, 5.41) is 14.9. The Kier molecular flexibility index (Phi) is 5.23. The molecule has 0 atom stereocenters. The monoisotopic (exact) mass is 433 g/mol. The van der Waals surface area contributed by atoms with Crippen LogP contribution in [0, 0.1) is 0 Å². The molecule has 3 aromatic rings. The van der Waals surface area contributed by atoms with Gasteiger partial charge in [0.25, 0.3) is 0 Å². The van der Waals surface area contributed by atoms with Gasteiger partial charge in [-0.2, -0.15) is 0 Å². The van der Waals surface area contributed by atoms with Crippen LogP contribution < -0.4 is 5.32 Å². The first-order chi connectivity index (χ1) is 13.7. The normalized spacial score (nSPS) is 17.5. The number of hydrogen-bond acceptors (Lipinski definition) is 7. The molecule has 0 aromatic carbocycles. The van der Waals surface area contributed by atoms with Gasteiger partial charge in [0.05, 0.1) is 11.1 Å². The van der Waals surface area contributed by atoms with E-state index in [0.717, 1.165) is 46.5 Å². The van der Waals surface area contributed by atoms with Crippen molar-refractivity contribution in [3.63, 3.8) is 0 Å². The van der Waals surface area contributed by atoms with E-state index in [1.807, 2.05) is 10.7 Å². The number of thioether (sulfide) groups is 2. The summed E-state index contributed by atoms with van der Waals surface area (Å²) in [5.74, 6) is 0.454. The van der Waals surface area contributed by atoms with Gasteiger partial charge >= 0.3 is 0 Å².